The molecule has 2 heterocycles. The standard InChI is InChI=1S/C21H24F3N3O3S/c22-21(23,24)18-10-4-11-25-19(18)27-13-5-7-16(15-27)20(28)26-12-6-14-31(29,30)17-8-2-1-3-9-17/h1-4,8-11,16H,5-7,12-15H2,(H,26,28). The highest BCUT2D eigenvalue weighted by molar-refractivity contribution is 7.91. The lowest BCUT2D eigenvalue weighted by Gasteiger charge is -2.34. The minimum absolute atomic E-state index is 0.100. The third-order valence-corrected chi connectivity index (χ3v) is 6.99. The normalized spacial score (nSPS) is 17.4. The van der Waals surface area contributed by atoms with E-state index < -0.39 is 27.5 Å². The molecule has 6 nitrogen and oxygen atoms in total. The maximum atomic E-state index is 13.3. The predicted molar refractivity (Wildman–Crippen MR) is 110 cm³/mol. The van der Waals surface area contributed by atoms with Crippen LogP contribution in [0.4, 0.5) is 19.0 Å². The highest BCUT2D eigenvalue weighted by atomic mass is 32.2. The van der Waals surface area contributed by atoms with Crippen molar-refractivity contribution in [1.29, 1.82) is 0 Å². The molecule has 2 aromatic rings. The van der Waals surface area contributed by atoms with Gasteiger partial charge in [-0.3, -0.25) is 4.79 Å². The molecule has 1 aliphatic heterocycles. The van der Waals surface area contributed by atoms with Crippen molar-refractivity contribution in [2.24, 2.45) is 5.92 Å². The molecule has 168 valence electrons. The fourth-order valence-electron chi connectivity index (χ4n) is 3.62. The average molecular weight is 456 g/mol. The predicted octanol–water partition coefficient (Wildman–Crippen LogP) is 3.30. The molecule has 1 unspecified atom stereocenters. The zero-order valence-electron chi connectivity index (χ0n) is 16.8. The van der Waals surface area contributed by atoms with E-state index in [-0.39, 0.29) is 41.9 Å². The minimum Gasteiger partial charge on any atom is -0.356 e. The topological polar surface area (TPSA) is 79.4 Å². The molecule has 1 atom stereocenters. The molecule has 0 saturated carbocycles. The molecule has 1 aromatic carbocycles. The third kappa shape index (κ3) is 5.96. The van der Waals surface area contributed by atoms with Crippen LogP contribution in [0.3, 0.4) is 0 Å². The Labute approximate surface area is 179 Å². The summed E-state index contributed by atoms with van der Waals surface area (Å²) in [6, 6.07) is 10.3. The summed E-state index contributed by atoms with van der Waals surface area (Å²) in [6.45, 7) is 0.701. The van der Waals surface area contributed by atoms with Crippen molar-refractivity contribution in [1.82, 2.24) is 10.3 Å². The van der Waals surface area contributed by atoms with Crippen molar-refractivity contribution < 1.29 is 26.4 Å². The van der Waals surface area contributed by atoms with E-state index in [2.05, 4.69) is 10.3 Å². The molecule has 3 rings (SSSR count). The Morgan fingerprint density at radius 3 is 2.61 bits per heavy atom. The first-order valence-electron chi connectivity index (χ1n) is 10.0. The van der Waals surface area contributed by atoms with Crippen LogP contribution in [0, 0.1) is 5.92 Å². The molecule has 1 aromatic heterocycles. The number of rotatable bonds is 7. The summed E-state index contributed by atoms with van der Waals surface area (Å²) in [7, 11) is -3.42. The Bertz CT molecular complexity index is 998. The first kappa shape index (κ1) is 23.1. The molecular weight excluding hydrogens is 431 g/mol. The molecule has 0 bridgehead atoms. The molecule has 1 fully saturated rings. The Morgan fingerprint density at radius 2 is 1.90 bits per heavy atom. The number of benzene rings is 1. The first-order valence-corrected chi connectivity index (χ1v) is 11.7. The Balaban J connectivity index is 1.54. The number of aromatic nitrogens is 1. The number of carbonyl (C=O) groups excluding carboxylic acids is 1. The number of hydrogen-bond acceptors (Lipinski definition) is 5. The largest absolute Gasteiger partial charge is 0.419 e. The quantitative estimate of drug-likeness (QED) is 0.648. The van der Waals surface area contributed by atoms with Gasteiger partial charge < -0.3 is 10.2 Å². The van der Waals surface area contributed by atoms with Gasteiger partial charge in [0.1, 0.15) is 5.82 Å². The van der Waals surface area contributed by atoms with Gasteiger partial charge in [-0.25, -0.2) is 13.4 Å². The lowest BCUT2D eigenvalue weighted by Crippen LogP contribution is -2.44. The van der Waals surface area contributed by atoms with Crippen molar-refractivity contribution in [3.8, 4) is 0 Å². The van der Waals surface area contributed by atoms with E-state index in [4.69, 9.17) is 0 Å². The van der Waals surface area contributed by atoms with Crippen LogP contribution in [0.15, 0.2) is 53.6 Å². The Morgan fingerprint density at radius 1 is 1.16 bits per heavy atom. The van der Waals surface area contributed by atoms with Crippen LogP contribution in [0.2, 0.25) is 0 Å². The second-order valence-electron chi connectivity index (χ2n) is 7.43. The van der Waals surface area contributed by atoms with Crippen molar-refractivity contribution in [3.05, 3.63) is 54.2 Å². The summed E-state index contributed by atoms with van der Waals surface area (Å²) in [5.41, 5.74) is -0.817. The van der Waals surface area contributed by atoms with Crippen molar-refractivity contribution in [2.75, 3.05) is 30.3 Å². The highest BCUT2D eigenvalue weighted by Gasteiger charge is 2.37. The van der Waals surface area contributed by atoms with Gasteiger partial charge in [-0.05, 0) is 43.5 Å². The maximum absolute atomic E-state index is 13.3. The van der Waals surface area contributed by atoms with Gasteiger partial charge in [0.2, 0.25) is 5.91 Å². The van der Waals surface area contributed by atoms with E-state index in [0.717, 1.165) is 6.07 Å². The number of amides is 1. The van der Waals surface area contributed by atoms with Crippen LogP contribution in [-0.4, -0.2) is 44.7 Å². The van der Waals surface area contributed by atoms with Gasteiger partial charge in [-0.1, -0.05) is 18.2 Å². The number of carbonyl (C=O) groups is 1. The molecule has 0 aliphatic carbocycles. The zero-order valence-corrected chi connectivity index (χ0v) is 17.6. The molecule has 1 N–H and O–H groups in total. The lowest BCUT2D eigenvalue weighted by molar-refractivity contribution is -0.137. The monoisotopic (exact) mass is 455 g/mol. The molecule has 1 aliphatic rings. The maximum Gasteiger partial charge on any atom is 0.419 e. The van der Waals surface area contributed by atoms with Gasteiger partial charge in [0.05, 0.1) is 22.1 Å². The van der Waals surface area contributed by atoms with E-state index in [0.29, 0.717) is 19.4 Å². The summed E-state index contributed by atoms with van der Waals surface area (Å²) in [5, 5.41) is 2.72. The fourth-order valence-corrected chi connectivity index (χ4v) is 4.95. The van der Waals surface area contributed by atoms with Gasteiger partial charge in [-0.15, -0.1) is 0 Å². The summed E-state index contributed by atoms with van der Waals surface area (Å²) in [4.78, 5) is 18.2. The fraction of sp³-hybridized carbons (Fsp3) is 0.429. The van der Waals surface area contributed by atoms with Gasteiger partial charge >= 0.3 is 6.18 Å². The van der Waals surface area contributed by atoms with Gasteiger partial charge in [-0.2, -0.15) is 13.2 Å². The Kier molecular flexibility index (Phi) is 7.19. The van der Waals surface area contributed by atoms with Crippen LogP contribution >= 0.6 is 0 Å². The van der Waals surface area contributed by atoms with Crippen LogP contribution in [0.25, 0.3) is 0 Å². The molecule has 1 amide bonds. The summed E-state index contributed by atoms with van der Waals surface area (Å²) >= 11 is 0. The third-order valence-electron chi connectivity index (χ3n) is 5.18. The van der Waals surface area contributed by atoms with Crippen LogP contribution in [0.5, 0.6) is 0 Å². The number of anilines is 1. The van der Waals surface area contributed by atoms with E-state index in [1.165, 1.54) is 29.3 Å². The molecule has 10 heteroatoms. The number of sulfone groups is 1. The summed E-state index contributed by atoms with van der Waals surface area (Å²) < 4.78 is 64.4. The van der Waals surface area contributed by atoms with Gasteiger partial charge in [0.15, 0.2) is 9.84 Å². The highest BCUT2D eigenvalue weighted by Crippen LogP contribution is 2.36. The number of halogens is 3. The van der Waals surface area contributed by atoms with Crippen molar-refractivity contribution >= 4 is 21.6 Å². The van der Waals surface area contributed by atoms with E-state index in [1.807, 2.05) is 0 Å². The van der Waals surface area contributed by atoms with Crippen LogP contribution in [0.1, 0.15) is 24.8 Å². The number of nitrogens with zero attached hydrogens (tertiary/aromatic N) is 2. The second kappa shape index (κ2) is 9.67. The van der Waals surface area contributed by atoms with E-state index in [1.54, 1.807) is 18.2 Å². The smallest absolute Gasteiger partial charge is 0.356 e. The van der Waals surface area contributed by atoms with E-state index in [9.17, 15) is 26.4 Å². The lowest BCUT2D eigenvalue weighted by atomic mass is 9.96. The minimum atomic E-state index is -4.52. The zero-order chi connectivity index (χ0) is 22.5. The number of hydrogen-bond donors (Lipinski definition) is 1. The number of nitrogens with one attached hydrogen (secondary N) is 1. The molecule has 1 saturated heterocycles. The average Bonchev–Trinajstić information content (AvgIpc) is 2.77. The van der Waals surface area contributed by atoms with Gasteiger partial charge in [0.25, 0.3) is 0 Å². The van der Waals surface area contributed by atoms with Crippen LogP contribution in [-0.2, 0) is 20.8 Å². The van der Waals surface area contributed by atoms with Gasteiger partial charge in [0, 0.05) is 25.8 Å². The Hall–Kier alpha value is -2.62. The summed E-state index contributed by atoms with van der Waals surface area (Å²) in [5.74, 6) is -1.04. The van der Waals surface area contributed by atoms with Crippen LogP contribution < -0.4 is 10.2 Å². The van der Waals surface area contributed by atoms with Crippen molar-refractivity contribution in [2.45, 2.75) is 30.3 Å². The molecule has 0 radical (unpaired) electrons. The molecular formula is C21H24F3N3O3S. The molecule has 31 heavy (non-hydrogen) atoms. The molecule has 0 spiro atoms. The van der Waals surface area contributed by atoms with E-state index >= 15 is 0 Å². The second-order valence-corrected chi connectivity index (χ2v) is 9.54. The number of pyridine rings is 1. The number of alkyl halides is 3. The summed E-state index contributed by atoms with van der Waals surface area (Å²) in [6.07, 6.45) is -1.85. The van der Waals surface area contributed by atoms with Crippen molar-refractivity contribution in [3.63, 3.8) is 0 Å². The number of piperidine rings is 1. The first-order chi connectivity index (χ1) is 14.7. The SMILES string of the molecule is O=C(NCCCS(=O)(=O)c1ccccc1)C1CCCN(c2ncccc2C(F)(F)F)C1.